The highest BCUT2D eigenvalue weighted by Crippen LogP contribution is 2.20. The number of aromatic nitrogens is 3. The smallest absolute Gasteiger partial charge is 0.291 e. The minimum absolute atomic E-state index is 0.0150. The minimum atomic E-state index is -0.180. The summed E-state index contributed by atoms with van der Waals surface area (Å²) in [5, 5.41) is 7.38. The Morgan fingerprint density at radius 1 is 1.21 bits per heavy atom. The average Bonchev–Trinajstić information content (AvgIpc) is 3.32. The van der Waals surface area contributed by atoms with Crippen molar-refractivity contribution in [3.63, 3.8) is 0 Å². The van der Waals surface area contributed by atoms with Gasteiger partial charge in [-0.1, -0.05) is 37.3 Å². The summed E-state index contributed by atoms with van der Waals surface area (Å²) in [6.07, 6.45) is 2.49. The van der Waals surface area contributed by atoms with Crippen molar-refractivity contribution in [1.29, 1.82) is 0 Å². The van der Waals surface area contributed by atoms with Gasteiger partial charge in [0.1, 0.15) is 11.3 Å². The first-order valence-corrected chi connectivity index (χ1v) is 9.82. The van der Waals surface area contributed by atoms with Crippen LogP contribution in [0.5, 0.6) is 0 Å². The summed E-state index contributed by atoms with van der Waals surface area (Å²) in [4.78, 5) is 24.9. The first-order valence-electron chi connectivity index (χ1n) is 9.82. The Morgan fingerprint density at radius 2 is 2.00 bits per heavy atom. The quantitative estimate of drug-likeness (QED) is 0.523. The van der Waals surface area contributed by atoms with E-state index >= 15 is 0 Å². The molecule has 29 heavy (non-hydrogen) atoms. The lowest BCUT2D eigenvalue weighted by Crippen LogP contribution is -2.29. The molecule has 1 aromatic carbocycles. The van der Waals surface area contributed by atoms with Crippen LogP contribution in [0.4, 0.5) is 0 Å². The maximum atomic E-state index is 12.7. The third kappa shape index (κ3) is 3.81. The van der Waals surface area contributed by atoms with Crippen molar-refractivity contribution in [1.82, 2.24) is 19.5 Å². The molecule has 0 fully saturated rings. The molecule has 3 aromatic heterocycles. The molecule has 7 heteroatoms. The fourth-order valence-corrected chi connectivity index (χ4v) is 3.62. The molecule has 0 radical (unpaired) electrons. The molecule has 0 aliphatic heterocycles. The molecular formula is C22H24N4O3. The van der Waals surface area contributed by atoms with Gasteiger partial charge in [0.25, 0.3) is 5.56 Å². The standard InChI is InChI=1S/C22H24N4O3/c1-15(17-7-4-3-5-8-17)14-23-21(27)9-6-11-25-22(28)19-13-20-18(10-12-29-20)26(19)16(2)24-25/h3-5,7-8,10,12-13,15H,6,9,11,14H2,1-2H3,(H,23,27). The molecule has 4 rings (SSSR count). The van der Waals surface area contributed by atoms with E-state index in [0.29, 0.717) is 42.9 Å². The molecule has 0 bridgehead atoms. The topological polar surface area (TPSA) is 81.5 Å². The molecule has 7 nitrogen and oxygen atoms in total. The van der Waals surface area contributed by atoms with Crippen molar-refractivity contribution in [2.45, 2.75) is 39.2 Å². The van der Waals surface area contributed by atoms with Gasteiger partial charge in [0.2, 0.25) is 5.91 Å². The molecule has 3 heterocycles. The van der Waals surface area contributed by atoms with Gasteiger partial charge in [-0.05, 0) is 24.8 Å². The summed E-state index contributed by atoms with van der Waals surface area (Å²) >= 11 is 0. The van der Waals surface area contributed by atoms with Crippen molar-refractivity contribution in [3.8, 4) is 0 Å². The molecule has 1 unspecified atom stereocenters. The summed E-state index contributed by atoms with van der Waals surface area (Å²) in [5.41, 5.74) is 3.05. The zero-order valence-electron chi connectivity index (χ0n) is 16.6. The SMILES string of the molecule is Cc1nn(CCCC(=O)NCC(C)c2ccccc2)c(=O)c2cc3occc3n12. The Balaban J connectivity index is 1.35. The van der Waals surface area contributed by atoms with Gasteiger partial charge in [0.05, 0.1) is 11.8 Å². The van der Waals surface area contributed by atoms with Gasteiger partial charge in [-0.3, -0.25) is 14.0 Å². The lowest BCUT2D eigenvalue weighted by molar-refractivity contribution is -0.121. The molecule has 0 spiro atoms. The van der Waals surface area contributed by atoms with Crippen molar-refractivity contribution < 1.29 is 9.21 Å². The van der Waals surface area contributed by atoms with E-state index in [4.69, 9.17) is 4.42 Å². The highest BCUT2D eigenvalue weighted by molar-refractivity contribution is 5.82. The van der Waals surface area contributed by atoms with Crippen LogP contribution < -0.4 is 10.9 Å². The molecule has 150 valence electrons. The number of nitrogens with zero attached hydrogens (tertiary/aromatic N) is 3. The first kappa shape index (κ1) is 19.0. The number of hydrogen-bond donors (Lipinski definition) is 1. The number of rotatable bonds is 7. The number of carbonyl (C=O) groups is 1. The van der Waals surface area contributed by atoms with Crippen LogP contribution in [0.2, 0.25) is 0 Å². The maximum Gasteiger partial charge on any atom is 0.291 e. The molecule has 1 amide bonds. The lowest BCUT2D eigenvalue weighted by atomic mass is 10.0. The number of furan rings is 1. The number of fused-ring (bicyclic) bond motifs is 3. The molecule has 4 aromatic rings. The van der Waals surface area contributed by atoms with Crippen LogP contribution in [-0.4, -0.2) is 26.6 Å². The second-order valence-electron chi connectivity index (χ2n) is 7.33. The first-order chi connectivity index (χ1) is 14.0. The Kier molecular flexibility index (Phi) is 5.20. The van der Waals surface area contributed by atoms with Crippen LogP contribution in [0.15, 0.2) is 57.9 Å². The monoisotopic (exact) mass is 392 g/mol. The largest absolute Gasteiger partial charge is 0.463 e. The number of aryl methyl sites for hydroxylation is 2. The van der Waals surface area contributed by atoms with E-state index in [9.17, 15) is 9.59 Å². The molecule has 0 aliphatic carbocycles. The molecule has 0 saturated carbocycles. The third-order valence-corrected chi connectivity index (χ3v) is 5.21. The molecular weight excluding hydrogens is 368 g/mol. The molecule has 1 atom stereocenters. The lowest BCUT2D eigenvalue weighted by Gasteiger charge is -2.13. The van der Waals surface area contributed by atoms with Gasteiger partial charge >= 0.3 is 0 Å². The van der Waals surface area contributed by atoms with Crippen LogP contribution in [0.25, 0.3) is 16.6 Å². The highest BCUT2D eigenvalue weighted by Gasteiger charge is 2.14. The summed E-state index contributed by atoms with van der Waals surface area (Å²) in [6.45, 7) is 4.93. The second kappa shape index (κ2) is 7.95. The predicted octanol–water partition coefficient (Wildman–Crippen LogP) is 3.25. The van der Waals surface area contributed by atoms with Gasteiger partial charge < -0.3 is 9.73 Å². The normalized spacial score (nSPS) is 12.5. The maximum absolute atomic E-state index is 12.7. The molecule has 0 saturated heterocycles. The third-order valence-electron chi connectivity index (χ3n) is 5.21. The van der Waals surface area contributed by atoms with Gasteiger partial charge in [0.15, 0.2) is 5.58 Å². The Morgan fingerprint density at radius 3 is 2.79 bits per heavy atom. The summed E-state index contributed by atoms with van der Waals surface area (Å²) < 4.78 is 8.63. The number of amides is 1. The van der Waals surface area contributed by atoms with Crippen LogP contribution in [0.3, 0.4) is 0 Å². The minimum Gasteiger partial charge on any atom is -0.463 e. The summed E-state index contributed by atoms with van der Waals surface area (Å²) in [6, 6.07) is 13.7. The van der Waals surface area contributed by atoms with E-state index in [1.165, 1.54) is 10.2 Å². The van der Waals surface area contributed by atoms with Gasteiger partial charge in [0, 0.05) is 31.6 Å². The van der Waals surface area contributed by atoms with Crippen LogP contribution in [0.1, 0.15) is 37.1 Å². The van der Waals surface area contributed by atoms with E-state index in [1.54, 1.807) is 16.7 Å². The summed E-state index contributed by atoms with van der Waals surface area (Å²) in [7, 11) is 0. The van der Waals surface area contributed by atoms with E-state index in [2.05, 4.69) is 29.5 Å². The number of carbonyl (C=O) groups excluding carboxylic acids is 1. The van der Waals surface area contributed by atoms with E-state index in [-0.39, 0.29) is 17.4 Å². The van der Waals surface area contributed by atoms with Crippen LogP contribution in [-0.2, 0) is 11.3 Å². The van der Waals surface area contributed by atoms with E-state index < -0.39 is 0 Å². The number of nitrogens with one attached hydrogen (secondary N) is 1. The predicted molar refractivity (Wildman–Crippen MR) is 111 cm³/mol. The second-order valence-corrected chi connectivity index (χ2v) is 7.33. The Labute approximate surface area is 167 Å². The fraction of sp³-hybridized carbons (Fsp3) is 0.318. The van der Waals surface area contributed by atoms with Gasteiger partial charge in [-0.15, -0.1) is 0 Å². The van der Waals surface area contributed by atoms with E-state index in [0.717, 1.165) is 5.52 Å². The number of hydrogen-bond acceptors (Lipinski definition) is 4. The van der Waals surface area contributed by atoms with Crippen LogP contribution >= 0.6 is 0 Å². The molecule has 1 N–H and O–H groups in total. The molecule has 0 aliphatic rings. The fourth-order valence-electron chi connectivity index (χ4n) is 3.62. The summed E-state index contributed by atoms with van der Waals surface area (Å²) in [5.74, 6) is 0.943. The van der Waals surface area contributed by atoms with Gasteiger partial charge in [-0.2, -0.15) is 5.10 Å². The van der Waals surface area contributed by atoms with Crippen molar-refractivity contribution in [2.75, 3.05) is 6.54 Å². The highest BCUT2D eigenvalue weighted by atomic mass is 16.3. The van der Waals surface area contributed by atoms with Crippen molar-refractivity contribution in [3.05, 3.63) is 70.5 Å². The Bertz CT molecular complexity index is 1200. The van der Waals surface area contributed by atoms with Crippen molar-refractivity contribution in [2.24, 2.45) is 0 Å². The number of benzene rings is 1. The Hall–Kier alpha value is -3.35. The van der Waals surface area contributed by atoms with Crippen molar-refractivity contribution >= 4 is 22.5 Å². The zero-order valence-corrected chi connectivity index (χ0v) is 16.6. The van der Waals surface area contributed by atoms with E-state index in [1.807, 2.05) is 31.2 Å². The zero-order chi connectivity index (χ0) is 20.4. The van der Waals surface area contributed by atoms with Gasteiger partial charge in [-0.25, -0.2) is 4.68 Å². The average molecular weight is 392 g/mol. The van der Waals surface area contributed by atoms with Crippen LogP contribution in [0, 0.1) is 6.92 Å².